The molecule has 0 radical (unpaired) electrons. The van der Waals surface area contributed by atoms with Gasteiger partial charge in [0, 0.05) is 6.42 Å². The third-order valence-electron chi connectivity index (χ3n) is 3.29. The van der Waals surface area contributed by atoms with Gasteiger partial charge in [0.25, 0.3) is 0 Å². The molecule has 102 valence electrons. The van der Waals surface area contributed by atoms with Gasteiger partial charge in [0.05, 0.1) is 24.2 Å². The molecule has 1 aliphatic carbocycles. The minimum absolute atomic E-state index is 0.0104. The molecule has 1 aliphatic heterocycles. The Morgan fingerprint density at radius 3 is 2.42 bits per heavy atom. The Hall–Kier alpha value is -1.21. The number of benzene rings is 1. The molecule has 1 atom stereocenters. The fraction of sp³-hybridized carbons (Fsp3) is 0.385. The van der Waals surface area contributed by atoms with Gasteiger partial charge in [-0.15, -0.1) is 0 Å². The highest BCUT2D eigenvalue weighted by Crippen LogP contribution is 2.43. The summed E-state index contributed by atoms with van der Waals surface area (Å²) in [4.78, 5) is 0.185. The van der Waals surface area contributed by atoms with Gasteiger partial charge < -0.3 is 14.6 Å². The summed E-state index contributed by atoms with van der Waals surface area (Å²) in [5, 5.41) is 9.73. The van der Waals surface area contributed by atoms with E-state index in [4.69, 9.17) is 9.47 Å². The molecule has 1 fully saturated rings. The fourth-order valence-corrected chi connectivity index (χ4v) is 4.19. The topological polar surface area (TPSA) is 72.8 Å². The number of ether oxygens (including phenoxy) is 2. The number of rotatable bonds is 2. The Bertz CT molecular complexity index is 599. The molecule has 0 aromatic heterocycles. The van der Waals surface area contributed by atoms with E-state index in [9.17, 15) is 13.5 Å². The average molecular weight is 282 g/mol. The summed E-state index contributed by atoms with van der Waals surface area (Å²) in [5.74, 6) is -1.31. The largest absolute Gasteiger partial charge is 0.389 e. The highest BCUT2D eigenvalue weighted by molar-refractivity contribution is 7.95. The van der Waals surface area contributed by atoms with Crippen LogP contribution in [0.5, 0.6) is 0 Å². The van der Waals surface area contributed by atoms with Crippen molar-refractivity contribution in [1.82, 2.24) is 0 Å². The predicted molar refractivity (Wildman–Crippen MR) is 67.0 cm³/mol. The predicted octanol–water partition coefficient (Wildman–Crippen LogP) is 0.852. The van der Waals surface area contributed by atoms with Crippen molar-refractivity contribution in [3.05, 3.63) is 41.3 Å². The summed E-state index contributed by atoms with van der Waals surface area (Å²) < 4.78 is 36.1. The molecular weight excluding hydrogens is 268 g/mol. The molecule has 1 heterocycles. The molecule has 2 aliphatic rings. The summed E-state index contributed by atoms with van der Waals surface area (Å²) in [5.41, 5.74) is 0. The van der Waals surface area contributed by atoms with Crippen molar-refractivity contribution in [1.29, 1.82) is 0 Å². The molecule has 1 aromatic rings. The Kier molecular flexibility index (Phi) is 2.98. The molecule has 0 amide bonds. The third kappa shape index (κ3) is 2.01. The second-order valence-electron chi connectivity index (χ2n) is 4.57. The lowest BCUT2D eigenvalue weighted by Gasteiger charge is -2.25. The Morgan fingerprint density at radius 1 is 1.16 bits per heavy atom. The highest BCUT2D eigenvalue weighted by atomic mass is 32.2. The van der Waals surface area contributed by atoms with E-state index in [1.807, 2.05) is 0 Å². The van der Waals surface area contributed by atoms with Gasteiger partial charge in [0.15, 0.2) is 0 Å². The molecule has 6 heteroatoms. The number of sulfone groups is 1. The van der Waals surface area contributed by atoms with Crippen LogP contribution >= 0.6 is 0 Å². The lowest BCUT2D eigenvalue weighted by molar-refractivity contribution is -0.128. The van der Waals surface area contributed by atoms with Gasteiger partial charge in [-0.3, -0.25) is 0 Å². The van der Waals surface area contributed by atoms with Crippen LogP contribution in [0.2, 0.25) is 0 Å². The standard InChI is InChI=1S/C13H14O5S/c14-10-8-12(13(9-10)17-6-7-18-13)19(15,16)11-4-2-1-3-5-11/h1-5,8,10,14H,6-7,9H2. The molecular formula is C13H14O5S. The molecule has 1 aromatic carbocycles. The summed E-state index contributed by atoms with van der Waals surface area (Å²) >= 11 is 0. The van der Waals surface area contributed by atoms with Gasteiger partial charge in [0.1, 0.15) is 4.91 Å². The maximum atomic E-state index is 12.6. The fourth-order valence-electron chi connectivity index (χ4n) is 2.47. The highest BCUT2D eigenvalue weighted by Gasteiger charge is 2.51. The van der Waals surface area contributed by atoms with Crippen LogP contribution in [0.25, 0.3) is 0 Å². The third-order valence-corrected chi connectivity index (χ3v) is 5.21. The molecule has 1 spiro atoms. The number of aliphatic hydroxyl groups excluding tert-OH is 1. The Balaban J connectivity index is 2.08. The van der Waals surface area contributed by atoms with E-state index in [2.05, 4.69) is 0 Å². The van der Waals surface area contributed by atoms with Gasteiger partial charge in [-0.2, -0.15) is 0 Å². The molecule has 5 nitrogen and oxygen atoms in total. The van der Waals surface area contributed by atoms with Gasteiger partial charge in [-0.1, -0.05) is 18.2 Å². The van der Waals surface area contributed by atoms with Crippen LogP contribution < -0.4 is 0 Å². The normalized spacial score (nSPS) is 25.7. The van der Waals surface area contributed by atoms with Crippen molar-refractivity contribution < 1.29 is 23.0 Å². The van der Waals surface area contributed by atoms with Crippen LogP contribution in [0.1, 0.15) is 6.42 Å². The zero-order valence-corrected chi connectivity index (χ0v) is 11.0. The van der Waals surface area contributed by atoms with E-state index in [0.29, 0.717) is 13.2 Å². The molecule has 1 unspecified atom stereocenters. The second-order valence-corrected chi connectivity index (χ2v) is 6.49. The lowest BCUT2D eigenvalue weighted by atomic mass is 10.2. The van der Waals surface area contributed by atoms with Crippen LogP contribution in [-0.2, 0) is 19.3 Å². The van der Waals surface area contributed by atoms with E-state index in [-0.39, 0.29) is 16.2 Å². The average Bonchev–Trinajstić information content (AvgIpc) is 2.99. The van der Waals surface area contributed by atoms with Crippen molar-refractivity contribution in [2.75, 3.05) is 13.2 Å². The van der Waals surface area contributed by atoms with E-state index < -0.39 is 21.7 Å². The van der Waals surface area contributed by atoms with Gasteiger partial charge >= 0.3 is 0 Å². The van der Waals surface area contributed by atoms with Crippen molar-refractivity contribution in [3.63, 3.8) is 0 Å². The first kappa shape index (κ1) is 12.8. The number of hydrogen-bond donors (Lipinski definition) is 1. The van der Waals surface area contributed by atoms with Crippen LogP contribution in [-0.4, -0.2) is 38.6 Å². The maximum Gasteiger partial charge on any atom is 0.208 e. The lowest BCUT2D eigenvalue weighted by Crippen LogP contribution is -2.34. The van der Waals surface area contributed by atoms with Crippen molar-refractivity contribution in [2.24, 2.45) is 0 Å². The molecule has 3 rings (SSSR count). The van der Waals surface area contributed by atoms with E-state index >= 15 is 0 Å². The second kappa shape index (κ2) is 4.42. The summed E-state index contributed by atoms with van der Waals surface area (Å²) in [6.45, 7) is 0.655. The van der Waals surface area contributed by atoms with E-state index in [1.165, 1.54) is 18.2 Å². The summed E-state index contributed by atoms with van der Waals surface area (Å²) in [6.07, 6.45) is 0.564. The van der Waals surface area contributed by atoms with Crippen LogP contribution in [0.3, 0.4) is 0 Å². The smallest absolute Gasteiger partial charge is 0.208 e. The van der Waals surface area contributed by atoms with Gasteiger partial charge in [0.2, 0.25) is 15.6 Å². The first-order valence-electron chi connectivity index (χ1n) is 6.03. The first-order valence-corrected chi connectivity index (χ1v) is 7.51. The van der Waals surface area contributed by atoms with Crippen molar-refractivity contribution >= 4 is 9.84 Å². The summed E-state index contributed by atoms with van der Waals surface area (Å²) in [6, 6.07) is 8.09. The van der Waals surface area contributed by atoms with Crippen LogP contribution in [0.15, 0.2) is 46.2 Å². The minimum atomic E-state index is -3.71. The molecule has 1 N–H and O–H groups in total. The zero-order chi connectivity index (χ0) is 13.5. The maximum absolute atomic E-state index is 12.6. The quantitative estimate of drug-likeness (QED) is 0.870. The van der Waals surface area contributed by atoms with E-state index in [1.54, 1.807) is 18.2 Å². The molecule has 0 bridgehead atoms. The Morgan fingerprint density at radius 2 is 1.79 bits per heavy atom. The van der Waals surface area contributed by atoms with Crippen molar-refractivity contribution in [3.8, 4) is 0 Å². The Labute approximate surface area is 111 Å². The first-order chi connectivity index (χ1) is 9.05. The SMILES string of the molecule is O=S(=O)(C1=CC(O)CC12OCCO2)c1ccccc1. The molecule has 1 saturated heterocycles. The zero-order valence-electron chi connectivity index (χ0n) is 10.2. The van der Waals surface area contributed by atoms with Crippen LogP contribution in [0, 0.1) is 0 Å². The number of hydrogen-bond acceptors (Lipinski definition) is 5. The van der Waals surface area contributed by atoms with Gasteiger partial charge in [-0.25, -0.2) is 8.42 Å². The monoisotopic (exact) mass is 282 g/mol. The molecule has 0 saturated carbocycles. The number of aliphatic hydroxyl groups is 1. The molecule has 19 heavy (non-hydrogen) atoms. The minimum Gasteiger partial charge on any atom is -0.389 e. The summed E-state index contributed by atoms with van der Waals surface area (Å²) in [7, 11) is -3.71. The van der Waals surface area contributed by atoms with Gasteiger partial charge in [-0.05, 0) is 18.2 Å². The van der Waals surface area contributed by atoms with E-state index in [0.717, 1.165) is 0 Å². The van der Waals surface area contributed by atoms with Crippen LogP contribution in [0.4, 0.5) is 0 Å². The van der Waals surface area contributed by atoms with Crippen molar-refractivity contribution in [2.45, 2.75) is 23.2 Å².